The van der Waals surface area contributed by atoms with Crippen molar-refractivity contribution in [2.75, 3.05) is 45.9 Å². The van der Waals surface area contributed by atoms with Crippen LogP contribution >= 0.6 is 0 Å². The van der Waals surface area contributed by atoms with Crippen molar-refractivity contribution in [3.8, 4) is 5.75 Å². The number of rotatable bonds is 7. The van der Waals surface area contributed by atoms with Gasteiger partial charge in [0.25, 0.3) is 0 Å². The highest BCUT2D eigenvalue weighted by atomic mass is 16.6. The Morgan fingerprint density at radius 3 is 2.26 bits per heavy atom. The Bertz CT molecular complexity index is 946. The maximum absolute atomic E-state index is 13.0. The van der Waals surface area contributed by atoms with Gasteiger partial charge in [-0.1, -0.05) is 12.1 Å². The molecular weight excluding hydrogens is 452 g/mol. The van der Waals surface area contributed by atoms with Crippen molar-refractivity contribution < 1.29 is 28.6 Å². The zero-order valence-corrected chi connectivity index (χ0v) is 21.2. The van der Waals surface area contributed by atoms with Crippen molar-refractivity contribution in [2.24, 2.45) is 0 Å². The number of urea groups is 1. The molecule has 1 atom stereocenters. The van der Waals surface area contributed by atoms with Crippen LogP contribution in [0.5, 0.6) is 5.75 Å². The van der Waals surface area contributed by atoms with Crippen molar-refractivity contribution in [3.05, 3.63) is 41.1 Å². The van der Waals surface area contributed by atoms with E-state index in [9.17, 15) is 14.4 Å². The van der Waals surface area contributed by atoms with Gasteiger partial charge in [-0.15, -0.1) is 0 Å². The minimum Gasteiger partial charge on any atom is -0.494 e. The molecule has 1 aromatic carbocycles. The van der Waals surface area contributed by atoms with Crippen molar-refractivity contribution in [3.63, 3.8) is 0 Å². The van der Waals surface area contributed by atoms with E-state index in [4.69, 9.17) is 14.2 Å². The monoisotopic (exact) mass is 488 g/mol. The van der Waals surface area contributed by atoms with Gasteiger partial charge in [-0.3, -0.25) is 4.90 Å². The third-order valence-corrected chi connectivity index (χ3v) is 5.58. The van der Waals surface area contributed by atoms with Crippen LogP contribution < -0.4 is 15.4 Å². The van der Waals surface area contributed by atoms with Crippen LogP contribution in [0, 0.1) is 0 Å². The molecular formula is C25H36N4O6. The SMILES string of the molecule is CCOC(=O)C1=C(CN2CCN(C(=O)OC(C)(C)C)CC2)NC(=O)N[C@@H]1c1ccc(OCC)cc1. The van der Waals surface area contributed by atoms with Gasteiger partial charge < -0.3 is 29.7 Å². The molecule has 0 aliphatic carbocycles. The summed E-state index contributed by atoms with van der Waals surface area (Å²) in [5.41, 5.74) is 1.06. The van der Waals surface area contributed by atoms with Gasteiger partial charge in [-0.2, -0.15) is 0 Å². The maximum atomic E-state index is 13.0. The predicted octanol–water partition coefficient (Wildman–Crippen LogP) is 2.81. The first kappa shape index (κ1) is 26.3. The van der Waals surface area contributed by atoms with E-state index in [0.717, 1.165) is 5.56 Å². The summed E-state index contributed by atoms with van der Waals surface area (Å²) >= 11 is 0. The van der Waals surface area contributed by atoms with Gasteiger partial charge in [0.1, 0.15) is 11.4 Å². The first-order valence-electron chi connectivity index (χ1n) is 12.0. The molecule has 2 heterocycles. The topological polar surface area (TPSA) is 109 Å². The third kappa shape index (κ3) is 7.11. The number of carbonyl (C=O) groups is 3. The van der Waals surface area contributed by atoms with Crippen molar-refractivity contribution in [2.45, 2.75) is 46.3 Å². The highest BCUT2D eigenvalue weighted by molar-refractivity contribution is 5.95. The molecule has 3 rings (SSSR count). The number of carbonyl (C=O) groups excluding carboxylic acids is 3. The molecule has 2 N–H and O–H groups in total. The van der Waals surface area contributed by atoms with Gasteiger partial charge in [0.15, 0.2) is 0 Å². The fraction of sp³-hybridized carbons (Fsp3) is 0.560. The average Bonchev–Trinajstić information content (AvgIpc) is 2.79. The van der Waals surface area contributed by atoms with E-state index in [0.29, 0.717) is 56.4 Å². The van der Waals surface area contributed by atoms with Crippen LogP contribution in [-0.4, -0.2) is 79.4 Å². The minimum absolute atomic E-state index is 0.216. The van der Waals surface area contributed by atoms with E-state index >= 15 is 0 Å². The van der Waals surface area contributed by atoms with E-state index in [1.165, 1.54) is 0 Å². The minimum atomic E-state index is -0.656. The maximum Gasteiger partial charge on any atom is 0.410 e. The molecule has 3 amide bonds. The molecule has 0 saturated carbocycles. The summed E-state index contributed by atoms with van der Waals surface area (Å²) in [5.74, 6) is 0.225. The summed E-state index contributed by atoms with van der Waals surface area (Å²) in [6.07, 6.45) is -0.339. The second-order valence-corrected chi connectivity index (χ2v) is 9.39. The molecule has 35 heavy (non-hydrogen) atoms. The number of piperazine rings is 1. The average molecular weight is 489 g/mol. The van der Waals surface area contributed by atoms with Gasteiger partial charge in [0.2, 0.25) is 0 Å². The molecule has 192 valence electrons. The second-order valence-electron chi connectivity index (χ2n) is 9.39. The fourth-order valence-electron chi connectivity index (χ4n) is 4.00. The van der Waals surface area contributed by atoms with Crippen LogP contribution in [0.25, 0.3) is 0 Å². The lowest BCUT2D eigenvalue weighted by molar-refractivity contribution is -0.139. The first-order valence-corrected chi connectivity index (χ1v) is 12.0. The summed E-state index contributed by atoms with van der Waals surface area (Å²) in [4.78, 5) is 41.7. The van der Waals surface area contributed by atoms with Crippen molar-refractivity contribution in [1.29, 1.82) is 0 Å². The molecule has 10 heteroatoms. The largest absolute Gasteiger partial charge is 0.494 e. The van der Waals surface area contributed by atoms with E-state index < -0.39 is 17.6 Å². The third-order valence-electron chi connectivity index (χ3n) is 5.58. The molecule has 0 bridgehead atoms. The number of hydrogen-bond acceptors (Lipinski definition) is 7. The predicted molar refractivity (Wildman–Crippen MR) is 130 cm³/mol. The molecule has 1 aromatic rings. The number of nitrogens with zero attached hydrogens (tertiary/aromatic N) is 2. The van der Waals surface area contributed by atoms with Gasteiger partial charge in [0, 0.05) is 38.4 Å². The van der Waals surface area contributed by atoms with Crippen LogP contribution in [-0.2, 0) is 14.3 Å². The van der Waals surface area contributed by atoms with Crippen molar-refractivity contribution in [1.82, 2.24) is 20.4 Å². The summed E-state index contributed by atoms with van der Waals surface area (Å²) < 4.78 is 16.3. The fourth-order valence-corrected chi connectivity index (χ4v) is 4.00. The molecule has 0 spiro atoms. The highest BCUT2D eigenvalue weighted by Gasteiger charge is 2.35. The second kappa shape index (κ2) is 11.4. The Labute approximate surface area is 206 Å². The van der Waals surface area contributed by atoms with Crippen LogP contribution in [0.4, 0.5) is 9.59 Å². The highest BCUT2D eigenvalue weighted by Crippen LogP contribution is 2.29. The molecule has 2 aliphatic rings. The Morgan fingerprint density at radius 1 is 1.03 bits per heavy atom. The number of ether oxygens (including phenoxy) is 3. The number of nitrogens with one attached hydrogen (secondary N) is 2. The van der Waals surface area contributed by atoms with E-state index in [-0.39, 0.29) is 18.7 Å². The van der Waals surface area contributed by atoms with Gasteiger partial charge in [-0.05, 0) is 52.3 Å². The molecule has 0 unspecified atom stereocenters. The van der Waals surface area contributed by atoms with Crippen LogP contribution in [0.15, 0.2) is 35.5 Å². The smallest absolute Gasteiger partial charge is 0.410 e. The van der Waals surface area contributed by atoms with Crippen LogP contribution in [0.2, 0.25) is 0 Å². The van der Waals surface area contributed by atoms with E-state index in [2.05, 4.69) is 15.5 Å². The summed E-state index contributed by atoms with van der Waals surface area (Å²) in [6.45, 7) is 12.4. The Morgan fingerprint density at radius 2 is 1.69 bits per heavy atom. The number of amides is 3. The van der Waals surface area contributed by atoms with Crippen molar-refractivity contribution >= 4 is 18.1 Å². The number of esters is 1. The van der Waals surface area contributed by atoms with Gasteiger partial charge in [0.05, 0.1) is 24.8 Å². The number of benzene rings is 1. The quantitative estimate of drug-likeness (QED) is 0.568. The summed E-state index contributed by atoms with van der Waals surface area (Å²) in [5, 5.41) is 5.65. The molecule has 2 aliphatic heterocycles. The zero-order valence-electron chi connectivity index (χ0n) is 21.2. The standard InChI is InChI=1S/C25H36N4O6/c1-6-33-18-10-8-17(9-11-18)21-20(22(30)34-7-2)19(26-23(31)27-21)16-28-12-14-29(15-13-28)24(32)35-25(3,4)5/h8-11,21H,6-7,12-16H2,1-5H3,(H2,26,27,31)/t21-/m1/s1. The normalized spacial score (nSPS) is 19.1. The molecule has 1 fully saturated rings. The van der Waals surface area contributed by atoms with Gasteiger partial charge >= 0.3 is 18.1 Å². The summed E-state index contributed by atoms with van der Waals surface area (Å²) in [6, 6.07) is 6.24. The van der Waals surface area contributed by atoms with E-state index in [1.54, 1.807) is 11.8 Å². The lowest BCUT2D eigenvalue weighted by atomic mass is 9.94. The first-order chi connectivity index (χ1) is 16.6. The zero-order chi connectivity index (χ0) is 25.6. The Kier molecular flexibility index (Phi) is 8.61. The number of hydrogen-bond donors (Lipinski definition) is 2. The Hall–Kier alpha value is -3.27. The molecule has 0 radical (unpaired) electrons. The summed E-state index contributed by atoms with van der Waals surface area (Å²) in [7, 11) is 0. The van der Waals surface area contributed by atoms with E-state index in [1.807, 2.05) is 52.0 Å². The molecule has 1 saturated heterocycles. The molecule has 10 nitrogen and oxygen atoms in total. The van der Waals surface area contributed by atoms with Crippen LogP contribution in [0.1, 0.15) is 46.2 Å². The lowest BCUT2D eigenvalue weighted by Crippen LogP contribution is -2.53. The molecule has 0 aromatic heterocycles. The lowest BCUT2D eigenvalue weighted by Gasteiger charge is -2.37. The van der Waals surface area contributed by atoms with Crippen LogP contribution in [0.3, 0.4) is 0 Å². The Balaban J connectivity index is 1.79. The van der Waals surface area contributed by atoms with Gasteiger partial charge in [-0.25, -0.2) is 14.4 Å².